The molecule has 0 bridgehead atoms. The van der Waals surface area contributed by atoms with E-state index in [0.717, 1.165) is 38.5 Å². The van der Waals surface area contributed by atoms with Crippen molar-refractivity contribution < 1.29 is 139 Å². The lowest BCUT2D eigenvalue weighted by Gasteiger charge is -2.13. The molecule has 0 aromatic heterocycles. The molecule has 0 saturated carbocycles. The fraction of sp³-hybridized carbons (Fsp3) is 0.353. The average molecular weight is 2230 g/mol. The van der Waals surface area contributed by atoms with Crippen LogP contribution in [0.3, 0.4) is 0 Å². The molecule has 0 aliphatic rings. The quantitative estimate of drug-likeness (QED) is 0.0133. The first-order valence-corrected chi connectivity index (χ1v) is 61.6. The molecule has 12 aromatic rings. The van der Waals surface area contributed by atoms with Crippen molar-refractivity contribution in [1.29, 1.82) is 0 Å². The molecule has 144 heavy (non-hydrogen) atoms. The Kier molecular flexibility index (Phi) is 70.0. The van der Waals surface area contributed by atoms with Crippen LogP contribution in [0.1, 0.15) is 122 Å². The van der Waals surface area contributed by atoms with Gasteiger partial charge in [0.15, 0.2) is 29.4 Å². The Morgan fingerprint density at radius 2 is 0.306 bits per heavy atom. The molecule has 12 rings (SSSR count). The number of hydrogen-bond donors (Lipinski definition) is 0. The number of hydrogen-bond acceptors (Lipinski definition) is 24. The Bertz CT molecular complexity index is 5070. The van der Waals surface area contributed by atoms with Gasteiger partial charge >= 0.3 is 85.8 Å². The van der Waals surface area contributed by atoms with Crippen LogP contribution in [0.25, 0.3) is 64.6 Å². The van der Waals surface area contributed by atoms with Gasteiger partial charge in [-0.1, -0.05) is 187 Å². The SMILES string of the molecule is CCOC(=O)C(CC)[S+](C)c1ccc2ccccc2c1.CCOC(=O)C(CC)[S+](C)c1ccc2ccccc2c1.CCOC(=O)C(CC)[S+](C)c1ccc2ccccc2c1.CCOC(=O)C(CC)[S+](C)c1ccc2ccccc2c1.CCOC(=O)C(CC)[S+](C)c1ccc2ccccc2c1.CCOC(=O)C(CC)[S+](C)c1ccc2ccccc2c1.O=[P+]([O-])F.O=[P+]([O-])F.O=[P+]([O-])F.O=[P+]([O-])F.O=[P+]([O-])F.O=[P+]([O-])F. The molecule has 0 fully saturated rings. The van der Waals surface area contributed by atoms with Crippen molar-refractivity contribution in [3.8, 4) is 0 Å². The molecule has 0 aliphatic carbocycles. The number of fused-ring (bicyclic) bond motifs is 6. The molecule has 18 unspecified atom stereocenters. The van der Waals surface area contributed by atoms with Crippen molar-refractivity contribution in [1.82, 2.24) is 0 Å². The van der Waals surface area contributed by atoms with E-state index in [1.54, 1.807) is 0 Å². The summed E-state index contributed by atoms with van der Waals surface area (Å²) in [4.78, 5) is 130. The van der Waals surface area contributed by atoms with Gasteiger partial charge in [0.05, 0.1) is 64.8 Å². The highest BCUT2D eigenvalue weighted by Crippen LogP contribution is 2.32. The maximum atomic E-state index is 12.0. The van der Waals surface area contributed by atoms with E-state index < -0.39 is 50.0 Å². The van der Waals surface area contributed by atoms with Gasteiger partial charge in [0, 0.05) is 140 Å². The van der Waals surface area contributed by atoms with Crippen LogP contribution in [0.15, 0.2) is 284 Å². The van der Waals surface area contributed by atoms with Crippen LogP contribution >= 0.6 is 50.0 Å². The van der Waals surface area contributed by atoms with Crippen LogP contribution in [-0.4, -0.2) is 144 Å². The molecular weight excluding hydrogens is 2100 g/mol. The first-order valence-electron chi connectivity index (χ1n) is 45.0. The number of halogens is 6. The maximum absolute atomic E-state index is 12.0. The van der Waals surface area contributed by atoms with Gasteiger partial charge in [0.1, 0.15) is 37.5 Å². The average Bonchev–Trinajstić information content (AvgIpc) is 0.842. The molecule has 0 amide bonds. The van der Waals surface area contributed by atoms with Gasteiger partial charge in [-0.2, -0.15) is 0 Å². The molecule has 42 heteroatoms. The van der Waals surface area contributed by atoms with Crippen molar-refractivity contribution in [2.24, 2.45) is 0 Å². The van der Waals surface area contributed by atoms with Gasteiger partial charge in [0.2, 0.25) is 31.5 Å². The van der Waals surface area contributed by atoms with Crippen molar-refractivity contribution in [3.63, 3.8) is 0 Å². The van der Waals surface area contributed by atoms with Gasteiger partial charge in [-0.25, -0.2) is 28.8 Å². The van der Waals surface area contributed by atoms with E-state index >= 15 is 0 Å². The minimum absolute atomic E-state index is 0.0453. The third-order valence-electron chi connectivity index (χ3n) is 20.6. The summed E-state index contributed by atoms with van der Waals surface area (Å²) in [5.74, 6) is -0.450. The zero-order valence-electron chi connectivity index (χ0n) is 83.4. The predicted octanol–water partition coefficient (Wildman–Crippen LogP) is 22.6. The van der Waals surface area contributed by atoms with Crippen molar-refractivity contribution >= 4 is 216 Å². The van der Waals surface area contributed by atoms with Crippen LogP contribution in [0.2, 0.25) is 0 Å². The zero-order chi connectivity index (χ0) is 109. The molecule has 18 atom stereocenters. The van der Waals surface area contributed by atoms with E-state index in [-0.39, 0.29) is 133 Å². The number of ether oxygens (including phenoxy) is 6. The van der Waals surface area contributed by atoms with Gasteiger partial charge in [-0.05, 0) is 206 Å². The van der Waals surface area contributed by atoms with Crippen LogP contribution in [0, 0.1) is 0 Å². The second kappa shape index (κ2) is 75.7. The standard InChI is InChI=1S/6C17H21O2S.6FO2P/c6*1-4-16(17(18)19-5-2)20(3)15-11-10-13-8-6-7-9-14(13)12-15;6*1-4(2)3/h6*6-12,16H,4-5H2,1-3H3;;;;;;/q6*+1;;;;;;. The number of carbonyl (C=O) groups is 6. The van der Waals surface area contributed by atoms with Crippen molar-refractivity contribution in [2.45, 2.75) is 182 Å². The summed E-state index contributed by atoms with van der Waals surface area (Å²) in [5.41, 5.74) is 0. The Balaban J connectivity index is 0.000000824. The van der Waals surface area contributed by atoms with E-state index in [0.29, 0.717) is 39.6 Å². The second-order valence-electron chi connectivity index (χ2n) is 29.6. The summed E-state index contributed by atoms with van der Waals surface area (Å²) >= 11 is 0. The van der Waals surface area contributed by atoms with E-state index in [4.69, 9.17) is 85.2 Å². The number of esters is 6. The van der Waals surface area contributed by atoms with Gasteiger partial charge in [0.25, 0.3) is 0 Å². The Hall–Kier alpha value is -8.94. The molecule has 780 valence electrons. The second-order valence-corrected chi connectivity index (χ2v) is 45.1. The topological polar surface area (TPSA) is 399 Å². The van der Waals surface area contributed by atoms with Crippen molar-refractivity contribution in [3.05, 3.63) is 255 Å². The largest absolute Gasteiger partial charge is 0.562 e. The summed E-state index contributed by atoms with van der Waals surface area (Å²) in [6.45, 7) is 26.1. The summed E-state index contributed by atoms with van der Waals surface area (Å²) in [7, 11) is -22.5. The Labute approximate surface area is 863 Å². The molecule has 0 aliphatic heterocycles. The van der Waals surface area contributed by atoms with Gasteiger partial charge in [-0.15, -0.1) is 0 Å². The fourth-order valence-electron chi connectivity index (χ4n) is 14.0. The highest BCUT2D eigenvalue weighted by Gasteiger charge is 2.41. The van der Waals surface area contributed by atoms with Crippen LogP contribution in [-0.2, 0) is 150 Å². The van der Waals surface area contributed by atoms with Crippen LogP contribution in [0.5, 0.6) is 0 Å². The fourth-order valence-corrected chi connectivity index (χ4v) is 24.7. The minimum atomic E-state index is -3.62. The van der Waals surface area contributed by atoms with E-state index in [1.807, 2.05) is 156 Å². The molecule has 12 aromatic carbocycles. The third kappa shape index (κ3) is 51.1. The smallest absolute Gasteiger partial charge is 0.540 e. The molecule has 0 radical (unpaired) electrons. The third-order valence-corrected chi connectivity index (χ3v) is 34.9. The number of rotatable bonds is 30. The molecular formula is C102H126F6O24P6S6+6. The molecule has 0 spiro atoms. The minimum Gasteiger partial charge on any atom is -0.562 e. The highest BCUT2D eigenvalue weighted by atomic mass is 32.2. The van der Waals surface area contributed by atoms with Crippen LogP contribution < -0.4 is 29.4 Å². The lowest BCUT2D eigenvalue weighted by Crippen LogP contribution is -2.31. The lowest BCUT2D eigenvalue weighted by atomic mass is 10.1. The van der Waals surface area contributed by atoms with E-state index in [2.05, 4.69) is 220 Å². The number of carbonyl (C=O) groups excluding carboxylic acids is 6. The van der Waals surface area contributed by atoms with E-state index in [1.165, 1.54) is 94.0 Å². The number of benzene rings is 12. The van der Waals surface area contributed by atoms with Gasteiger partial charge < -0.3 is 57.8 Å². The first kappa shape index (κ1) is 133. The maximum Gasteiger partial charge on any atom is 0.540 e. The summed E-state index contributed by atoms with van der Waals surface area (Å²) in [6, 6.07) is 88.6. The summed E-state index contributed by atoms with van der Waals surface area (Å²) in [6.07, 6.45) is 17.7. The zero-order valence-corrected chi connectivity index (χ0v) is 93.7. The predicted molar refractivity (Wildman–Crippen MR) is 570 cm³/mol. The summed E-state index contributed by atoms with van der Waals surface area (Å²) in [5, 5.41) is 14.5. The molecule has 0 heterocycles. The molecule has 24 nitrogen and oxygen atoms in total. The van der Waals surface area contributed by atoms with Crippen molar-refractivity contribution in [2.75, 3.05) is 77.2 Å². The highest BCUT2D eigenvalue weighted by molar-refractivity contribution is 7.99. The summed E-state index contributed by atoms with van der Waals surface area (Å²) < 4.78 is 141. The Morgan fingerprint density at radius 1 is 0.208 bits per heavy atom. The Morgan fingerprint density at radius 3 is 0.396 bits per heavy atom. The normalized spacial score (nSPS) is 13.5. The van der Waals surface area contributed by atoms with E-state index in [9.17, 15) is 53.9 Å². The monoisotopic (exact) mass is 2230 g/mol. The van der Waals surface area contributed by atoms with Gasteiger partial charge in [-0.3, -0.25) is 0 Å². The first-order chi connectivity index (χ1) is 68.4. The molecule has 0 saturated heterocycles. The molecule has 0 N–H and O–H groups in total. The van der Waals surface area contributed by atoms with Crippen LogP contribution in [0.4, 0.5) is 25.2 Å². The lowest BCUT2D eigenvalue weighted by molar-refractivity contribution is -0.175.